The van der Waals surface area contributed by atoms with Gasteiger partial charge in [-0.25, -0.2) is 0 Å². The quantitative estimate of drug-likeness (QED) is 0.747. The highest BCUT2D eigenvalue weighted by Gasteiger charge is 2.36. The normalized spacial score (nSPS) is 33.2. The van der Waals surface area contributed by atoms with E-state index in [1.165, 1.54) is 5.56 Å². The molecule has 78 valence electrons. The van der Waals surface area contributed by atoms with E-state index < -0.39 is 5.60 Å². The van der Waals surface area contributed by atoms with Crippen molar-refractivity contribution >= 4 is 11.3 Å². The molecule has 0 bridgehead atoms. The molecule has 0 aromatic carbocycles. The maximum Gasteiger partial charge on any atom is 0.100 e. The second kappa shape index (κ2) is 3.65. The van der Waals surface area contributed by atoms with Crippen LogP contribution in [0.5, 0.6) is 0 Å². The highest BCUT2D eigenvalue weighted by atomic mass is 32.1. The summed E-state index contributed by atoms with van der Waals surface area (Å²) in [5.74, 6) is 0. The van der Waals surface area contributed by atoms with Crippen LogP contribution in [-0.4, -0.2) is 11.1 Å². The summed E-state index contributed by atoms with van der Waals surface area (Å²) in [7, 11) is 0. The van der Waals surface area contributed by atoms with Gasteiger partial charge in [-0.1, -0.05) is 0 Å². The number of rotatable bonds is 1. The third-order valence-corrected chi connectivity index (χ3v) is 4.26. The van der Waals surface area contributed by atoms with E-state index in [0.29, 0.717) is 6.42 Å². The first-order valence-corrected chi connectivity index (χ1v) is 6.02. The Morgan fingerprint density at radius 1 is 1.64 bits per heavy atom. The fourth-order valence-corrected chi connectivity index (χ4v) is 3.42. The Morgan fingerprint density at radius 3 is 3.00 bits per heavy atom. The van der Waals surface area contributed by atoms with E-state index in [0.717, 1.165) is 24.1 Å². The molecule has 14 heavy (non-hydrogen) atoms. The molecule has 1 aromatic rings. The van der Waals surface area contributed by atoms with Crippen molar-refractivity contribution in [2.45, 2.75) is 44.2 Å². The molecule has 1 aliphatic rings. The van der Waals surface area contributed by atoms with Gasteiger partial charge in [0.05, 0.1) is 0 Å². The molecule has 0 radical (unpaired) electrons. The Hall–Kier alpha value is -0.380. The summed E-state index contributed by atoms with van der Waals surface area (Å²) in [6.45, 7) is 2.06. The van der Waals surface area contributed by atoms with E-state index in [1.807, 2.05) is 5.38 Å². The molecule has 3 heteroatoms. The zero-order valence-electron chi connectivity index (χ0n) is 8.49. The molecule has 2 unspecified atom stereocenters. The van der Waals surface area contributed by atoms with Gasteiger partial charge < -0.3 is 10.8 Å². The van der Waals surface area contributed by atoms with Crippen LogP contribution in [-0.2, 0) is 5.60 Å². The Labute approximate surface area is 88.8 Å². The van der Waals surface area contributed by atoms with Crippen molar-refractivity contribution in [3.63, 3.8) is 0 Å². The minimum Gasteiger partial charge on any atom is -0.384 e. The summed E-state index contributed by atoms with van der Waals surface area (Å²) >= 11 is 1.65. The highest BCUT2D eigenvalue weighted by molar-refractivity contribution is 7.10. The Bertz CT molecular complexity index is 323. The lowest BCUT2D eigenvalue weighted by atomic mass is 9.80. The predicted octanol–water partition coefficient (Wildman–Crippen LogP) is 2.15. The number of thiophene rings is 1. The molecule has 2 atom stereocenters. The summed E-state index contributed by atoms with van der Waals surface area (Å²) in [6.07, 6.45) is 3.66. The first kappa shape index (κ1) is 10.1. The fourth-order valence-electron chi connectivity index (χ4n) is 2.35. The lowest BCUT2D eigenvalue weighted by molar-refractivity contribution is -0.00427. The number of hydrogen-bond acceptors (Lipinski definition) is 3. The second-order valence-electron chi connectivity index (χ2n) is 4.32. The van der Waals surface area contributed by atoms with Gasteiger partial charge in [-0.2, -0.15) is 0 Å². The zero-order chi connectivity index (χ0) is 10.2. The van der Waals surface area contributed by atoms with Crippen molar-refractivity contribution in [2.24, 2.45) is 5.73 Å². The van der Waals surface area contributed by atoms with Gasteiger partial charge in [0.15, 0.2) is 0 Å². The van der Waals surface area contributed by atoms with Gasteiger partial charge in [0, 0.05) is 10.9 Å². The van der Waals surface area contributed by atoms with Crippen LogP contribution in [0.4, 0.5) is 0 Å². The van der Waals surface area contributed by atoms with Crippen molar-refractivity contribution in [1.29, 1.82) is 0 Å². The topological polar surface area (TPSA) is 46.2 Å². The summed E-state index contributed by atoms with van der Waals surface area (Å²) in [5.41, 5.74) is 6.47. The minimum absolute atomic E-state index is 0.162. The average molecular weight is 211 g/mol. The van der Waals surface area contributed by atoms with Gasteiger partial charge in [-0.15, -0.1) is 11.3 Å². The number of hydrogen-bond donors (Lipinski definition) is 2. The molecule has 0 amide bonds. The Kier molecular flexibility index (Phi) is 2.64. The molecule has 0 spiro atoms. The van der Waals surface area contributed by atoms with Crippen LogP contribution in [0, 0.1) is 6.92 Å². The van der Waals surface area contributed by atoms with Gasteiger partial charge in [-0.3, -0.25) is 0 Å². The summed E-state index contributed by atoms with van der Waals surface area (Å²) in [4.78, 5) is 1.12. The lowest BCUT2D eigenvalue weighted by Crippen LogP contribution is -2.38. The van der Waals surface area contributed by atoms with E-state index in [9.17, 15) is 5.11 Å². The van der Waals surface area contributed by atoms with E-state index in [1.54, 1.807) is 11.3 Å². The molecule has 0 aliphatic heterocycles. The largest absolute Gasteiger partial charge is 0.384 e. The molecule has 1 saturated carbocycles. The average Bonchev–Trinajstić information content (AvgIpc) is 2.51. The summed E-state index contributed by atoms with van der Waals surface area (Å²) in [5, 5.41) is 12.6. The molecule has 2 nitrogen and oxygen atoms in total. The van der Waals surface area contributed by atoms with Crippen molar-refractivity contribution < 1.29 is 5.11 Å². The highest BCUT2D eigenvalue weighted by Crippen LogP contribution is 2.40. The lowest BCUT2D eigenvalue weighted by Gasteiger charge is -2.35. The second-order valence-corrected chi connectivity index (χ2v) is 5.24. The molecule has 1 aromatic heterocycles. The summed E-state index contributed by atoms with van der Waals surface area (Å²) in [6, 6.07) is 2.23. The first-order valence-electron chi connectivity index (χ1n) is 5.14. The van der Waals surface area contributed by atoms with Crippen LogP contribution in [0.1, 0.15) is 36.1 Å². The van der Waals surface area contributed by atoms with Gasteiger partial charge >= 0.3 is 0 Å². The first-order chi connectivity index (χ1) is 6.62. The SMILES string of the molecule is Cc1ccsc1C1(O)CCCC(N)C1. The van der Waals surface area contributed by atoms with Crippen LogP contribution in [0.25, 0.3) is 0 Å². The van der Waals surface area contributed by atoms with Crippen molar-refractivity contribution in [2.75, 3.05) is 0 Å². The van der Waals surface area contributed by atoms with Gasteiger partial charge in [0.25, 0.3) is 0 Å². The molecule has 1 fully saturated rings. The number of aliphatic hydroxyl groups is 1. The van der Waals surface area contributed by atoms with Crippen LogP contribution < -0.4 is 5.73 Å². The molecular weight excluding hydrogens is 194 g/mol. The zero-order valence-corrected chi connectivity index (χ0v) is 9.31. The Balaban J connectivity index is 2.27. The molecule has 0 saturated heterocycles. The minimum atomic E-state index is -0.643. The van der Waals surface area contributed by atoms with Crippen LogP contribution in [0.2, 0.25) is 0 Å². The van der Waals surface area contributed by atoms with Crippen LogP contribution >= 0.6 is 11.3 Å². The maximum absolute atomic E-state index is 10.5. The number of aryl methyl sites for hydroxylation is 1. The Morgan fingerprint density at radius 2 is 2.43 bits per heavy atom. The monoisotopic (exact) mass is 211 g/mol. The maximum atomic E-state index is 10.5. The van der Waals surface area contributed by atoms with E-state index in [4.69, 9.17) is 5.73 Å². The standard InChI is InChI=1S/C11H17NOS/c1-8-4-6-14-10(8)11(13)5-2-3-9(12)7-11/h4,6,9,13H,2-3,5,7,12H2,1H3. The van der Waals surface area contributed by atoms with E-state index in [2.05, 4.69) is 13.0 Å². The van der Waals surface area contributed by atoms with Crippen molar-refractivity contribution in [3.05, 3.63) is 21.9 Å². The van der Waals surface area contributed by atoms with Crippen molar-refractivity contribution in [3.8, 4) is 0 Å². The van der Waals surface area contributed by atoms with E-state index in [-0.39, 0.29) is 6.04 Å². The molecular formula is C11H17NOS. The molecule has 1 heterocycles. The molecule has 2 rings (SSSR count). The fraction of sp³-hybridized carbons (Fsp3) is 0.636. The van der Waals surface area contributed by atoms with E-state index >= 15 is 0 Å². The predicted molar refractivity (Wildman–Crippen MR) is 59.4 cm³/mol. The molecule has 3 N–H and O–H groups in total. The van der Waals surface area contributed by atoms with Gasteiger partial charge in [0.1, 0.15) is 5.60 Å². The van der Waals surface area contributed by atoms with Crippen LogP contribution in [0.3, 0.4) is 0 Å². The van der Waals surface area contributed by atoms with Crippen LogP contribution in [0.15, 0.2) is 11.4 Å². The van der Waals surface area contributed by atoms with Gasteiger partial charge in [-0.05, 0) is 49.6 Å². The van der Waals surface area contributed by atoms with Gasteiger partial charge in [0.2, 0.25) is 0 Å². The van der Waals surface area contributed by atoms with Crippen molar-refractivity contribution in [1.82, 2.24) is 0 Å². The summed E-state index contributed by atoms with van der Waals surface area (Å²) < 4.78 is 0. The smallest absolute Gasteiger partial charge is 0.100 e. The third kappa shape index (κ3) is 1.72. The third-order valence-electron chi connectivity index (χ3n) is 3.05. The molecule has 1 aliphatic carbocycles. The number of nitrogens with two attached hydrogens (primary N) is 1.